The molecule has 0 aromatic carbocycles. The molecule has 1 atom stereocenters. The topological polar surface area (TPSA) is 26.2 Å². The molecule has 1 heterocycles. The predicted octanol–water partition coefficient (Wildman–Crippen LogP) is 2.98. The number of rotatable bonds is 9. The van der Waals surface area contributed by atoms with Crippen molar-refractivity contribution in [2.24, 2.45) is 0 Å². The Morgan fingerprint density at radius 3 is 2.88 bits per heavy atom. The van der Waals surface area contributed by atoms with Crippen LogP contribution in [0.25, 0.3) is 0 Å². The number of ether oxygens (including phenoxy) is 1. The van der Waals surface area contributed by atoms with E-state index in [1.807, 2.05) is 0 Å². The van der Waals surface area contributed by atoms with E-state index in [1.165, 1.54) is 12.0 Å². The Morgan fingerprint density at radius 2 is 2.24 bits per heavy atom. The van der Waals surface area contributed by atoms with E-state index in [0.29, 0.717) is 6.04 Å². The standard InChI is InChI=1S/C14H26N2O/c1-4-8-15-14(5-2)13-7-10-16(12-13)9-6-11-17-3/h7,10,12,14-15H,4-6,8-9,11H2,1-3H3. The maximum atomic E-state index is 5.07. The molecular weight excluding hydrogens is 212 g/mol. The first-order valence-corrected chi connectivity index (χ1v) is 6.69. The zero-order valence-electron chi connectivity index (χ0n) is 11.4. The molecule has 1 N–H and O–H groups in total. The first-order valence-electron chi connectivity index (χ1n) is 6.69. The van der Waals surface area contributed by atoms with Crippen LogP contribution >= 0.6 is 0 Å². The summed E-state index contributed by atoms with van der Waals surface area (Å²) in [6.45, 7) is 7.40. The summed E-state index contributed by atoms with van der Waals surface area (Å²) in [5.74, 6) is 0. The number of nitrogens with one attached hydrogen (secondary N) is 1. The Balaban J connectivity index is 2.46. The lowest BCUT2D eigenvalue weighted by Crippen LogP contribution is -2.21. The van der Waals surface area contributed by atoms with Gasteiger partial charge in [0.1, 0.15) is 0 Å². The number of hydrogen-bond acceptors (Lipinski definition) is 2. The summed E-state index contributed by atoms with van der Waals surface area (Å²) < 4.78 is 7.32. The van der Waals surface area contributed by atoms with Crippen LogP contribution in [0.5, 0.6) is 0 Å². The van der Waals surface area contributed by atoms with E-state index < -0.39 is 0 Å². The quantitative estimate of drug-likeness (QED) is 0.669. The second-order valence-corrected chi connectivity index (χ2v) is 4.44. The zero-order valence-corrected chi connectivity index (χ0v) is 11.4. The molecule has 0 fully saturated rings. The molecule has 0 radical (unpaired) electrons. The van der Waals surface area contributed by atoms with Gasteiger partial charge in [-0.15, -0.1) is 0 Å². The fourth-order valence-corrected chi connectivity index (χ4v) is 2.01. The lowest BCUT2D eigenvalue weighted by atomic mass is 10.1. The molecule has 1 aromatic rings. The van der Waals surface area contributed by atoms with Gasteiger partial charge in [0.05, 0.1) is 0 Å². The predicted molar refractivity (Wildman–Crippen MR) is 72.3 cm³/mol. The minimum atomic E-state index is 0.499. The van der Waals surface area contributed by atoms with Gasteiger partial charge in [-0.2, -0.15) is 0 Å². The number of aromatic nitrogens is 1. The molecule has 3 heteroatoms. The third kappa shape index (κ3) is 4.92. The Bertz CT molecular complexity index is 296. The fourth-order valence-electron chi connectivity index (χ4n) is 2.01. The average molecular weight is 238 g/mol. The van der Waals surface area contributed by atoms with Crippen LogP contribution < -0.4 is 5.32 Å². The van der Waals surface area contributed by atoms with Crippen LogP contribution in [0, 0.1) is 0 Å². The van der Waals surface area contributed by atoms with E-state index in [2.05, 4.69) is 42.2 Å². The summed E-state index contributed by atoms with van der Waals surface area (Å²) in [6, 6.07) is 2.72. The molecular formula is C14H26N2O. The number of hydrogen-bond donors (Lipinski definition) is 1. The summed E-state index contributed by atoms with van der Waals surface area (Å²) in [4.78, 5) is 0. The molecule has 3 nitrogen and oxygen atoms in total. The van der Waals surface area contributed by atoms with Crippen LogP contribution in [-0.2, 0) is 11.3 Å². The van der Waals surface area contributed by atoms with E-state index in [1.54, 1.807) is 7.11 Å². The molecule has 0 amide bonds. The first kappa shape index (κ1) is 14.3. The van der Waals surface area contributed by atoms with Gasteiger partial charge in [-0.05, 0) is 37.4 Å². The van der Waals surface area contributed by atoms with Crippen molar-refractivity contribution in [1.82, 2.24) is 9.88 Å². The van der Waals surface area contributed by atoms with E-state index in [4.69, 9.17) is 4.74 Å². The third-order valence-corrected chi connectivity index (χ3v) is 2.99. The van der Waals surface area contributed by atoms with Gasteiger partial charge in [0.15, 0.2) is 0 Å². The molecule has 0 aliphatic carbocycles. The summed E-state index contributed by atoms with van der Waals surface area (Å²) in [5, 5.41) is 3.58. The highest BCUT2D eigenvalue weighted by molar-refractivity contribution is 5.15. The van der Waals surface area contributed by atoms with Crippen molar-refractivity contribution in [3.05, 3.63) is 24.0 Å². The molecule has 1 aromatic heterocycles. The number of methoxy groups -OCH3 is 1. The molecule has 0 saturated carbocycles. The molecule has 1 unspecified atom stereocenters. The smallest absolute Gasteiger partial charge is 0.0479 e. The van der Waals surface area contributed by atoms with Crippen molar-refractivity contribution in [3.8, 4) is 0 Å². The Labute approximate surface area is 105 Å². The zero-order chi connectivity index (χ0) is 12.5. The van der Waals surface area contributed by atoms with Crippen LogP contribution in [0.3, 0.4) is 0 Å². The minimum Gasteiger partial charge on any atom is -0.385 e. The molecule has 98 valence electrons. The van der Waals surface area contributed by atoms with Crippen LogP contribution in [0.2, 0.25) is 0 Å². The Hall–Kier alpha value is -0.800. The minimum absolute atomic E-state index is 0.499. The summed E-state index contributed by atoms with van der Waals surface area (Å²) >= 11 is 0. The third-order valence-electron chi connectivity index (χ3n) is 2.99. The first-order chi connectivity index (χ1) is 8.31. The molecule has 0 spiro atoms. The summed E-state index contributed by atoms with van der Waals surface area (Å²) in [6.07, 6.45) is 7.82. The van der Waals surface area contributed by atoms with Crippen molar-refractivity contribution in [2.45, 2.75) is 45.7 Å². The second kappa shape index (κ2) is 8.31. The highest BCUT2D eigenvalue weighted by Gasteiger charge is 2.09. The monoisotopic (exact) mass is 238 g/mol. The van der Waals surface area contributed by atoms with E-state index in [0.717, 1.165) is 32.5 Å². The lowest BCUT2D eigenvalue weighted by Gasteiger charge is -2.15. The number of aryl methyl sites for hydroxylation is 1. The average Bonchev–Trinajstić information content (AvgIpc) is 2.79. The maximum absolute atomic E-state index is 5.07. The largest absolute Gasteiger partial charge is 0.385 e. The van der Waals surface area contributed by atoms with Gasteiger partial charge in [0, 0.05) is 38.7 Å². The normalized spacial score (nSPS) is 12.9. The van der Waals surface area contributed by atoms with Gasteiger partial charge in [0.2, 0.25) is 0 Å². The summed E-state index contributed by atoms with van der Waals surface area (Å²) in [5.41, 5.74) is 1.40. The van der Waals surface area contributed by atoms with Crippen molar-refractivity contribution in [1.29, 1.82) is 0 Å². The lowest BCUT2D eigenvalue weighted by molar-refractivity contribution is 0.190. The van der Waals surface area contributed by atoms with Gasteiger partial charge < -0.3 is 14.6 Å². The van der Waals surface area contributed by atoms with E-state index in [9.17, 15) is 0 Å². The van der Waals surface area contributed by atoms with Gasteiger partial charge in [-0.25, -0.2) is 0 Å². The number of nitrogens with zero attached hydrogens (tertiary/aromatic N) is 1. The van der Waals surface area contributed by atoms with Gasteiger partial charge in [-0.1, -0.05) is 13.8 Å². The van der Waals surface area contributed by atoms with Crippen molar-refractivity contribution >= 4 is 0 Å². The van der Waals surface area contributed by atoms with Gasteiger partial charge >= 0.3 is 0 Å². The second-order valence-electron chi connectivity index (χ2n) is 4.44. The molecule has 0 bridgehead atoms. The van der Waals surface area contributed by atoms with Crippen LogP contribution in [0.1, 0.15) is 44.7 Å². The van der Waals surface area contributed by atoms with Crippen molar-refractivity contribution in [3.63, 3.8) is 0 Å². The van der Waals surface area contributed by atoms with Crippen LogP contribution in [-0.4, -0.2) is 24.8 Å². The molecule has 0 saturated heterocycles. The highest BCUT2D eigenvalue weighted by atomic mass is 16.5. The van der Waals surface area contributed by atoms with E-state index >= 15 is 0 Å². The van der Waals surface area contributed by atoms with Crippen LogP contribution in [0.15, 0.2) is 18.5 Å². The van der Waals surface area contributed by atoms with Crippen molar-refractivity contribution in [2.75, 3.05) is 20.3 Å². The Morgan fingerprint density at radius 1 is 1.41 bits per heavy atom. The molecule has 0 aliphatic rings. The van der Waals surface area contributed by atoms with Gasteiger partial charge in [-0.3, -0.25) is 0 Å². The molecule has 1 rings (SSSR count). The SMILES string of the molecule is CCCNC(CC)c1ccn(CCCOC)c1. The molecule has 0 aliphatic heterocycles. The van der Waals surface area contributed by atoms with Crippen molar-refractivity contribution < 1.29 is 4.74 Å². The maximum Gasteiger partial charge on any atom is 0.0479 e. The van der Waals surface area contributed by atoms with E-state index in [-0.39, 0.29) is 0 Å². The Kier molecular flexibility index (Phi) is 6.97. The highest BCUT2D eigenvalue weighted by Crippen LogP contribution is 2.17. The molecule has 17 heavy (non-hydrogen) atoms. The summed E-state index contributed by atoms with van der Waals surface area (Å²) in [7, 11) is 1.75. The van der Waals surface area contributed by atoms with Crippen LogP contribution in [0.4, 0.5) is 0 Å². The fraction of sp³-hybridized carbons (Fsp3) is 0.714. The van der Waals surface area contributed by atoms with Gasteiger partial charge in [0.25, 0.3) is 0 Å².